The van der Waals surface area contributed by atoms with Crippen molar-refractivity contribution in [2.75, 3.05) is 13.2 Å². The van der Waals surface area contributed by atoms with Gasteiger partial charge in [-0.25, -0.2) is 4.68 Å². The van der Waals surface area contributed by atoms with Gasteiger partial charge in [0.25, 0.3) is 0 Å². The predicted octanol–water partition coefficient (Wildman–Crippen LogP) is 5.20. The zero-order chi connectivity index (χ0) is 25.1. The average molecular weight is 492 g/mol. The summed E-state index contributed by atoms with van der Waals surface area (Å²) in [5.74, 6) is 0.448. The molecule has 0 radical (unpaired) electrons. The summed E-state index contributed by atoms with van der Waals surface area (Å²) in [5.41, 5.74) is 8.62. The minimum absolute atomic E-state index is 0.155. The molecule has 8 nitrogen and oxygen atoms in total. The number of fused-ring (bicyclic) bond motifs is 4. The number of hydrogen-bond donors (Lipinski definition) is 0. The van der Waals surface area contributed by atoms with Gasteiger partial charge in [-0.2, -0.15) is 5.10 Å². The summed E-state index contributed by atoms with van der Waals surface area (Å²) >= 11 is 0. The van der Waals surface area contributed by atoms with Crippen LogP contribution in [0.15, 0.2) is 60.9 Å². The van der Waals surface area contributed by atoms with E-state index >= 15 is 0 Å². The zero-order valence-electron chi connectivity index (χ0n) is 21.3. The van der Waals surface area contributed by atoms with E-state index in [0.29, 0.717) is 5.92 Å². The van der Waals surface area contributed by atoms with E-state index in [9.17, 15) is 0 Å². The van der Waals surface area contributed by atoms with Gasteiger partial charge in [-0.1, -0.05) is 35.5 Å². The molecule has 186 valence electrons. The Balaban J connectivity index is 1.58. The third-order valence-electron chi connectivity index (χ3n) is 7.91. The van der Waals surface area contributed by atoms with E-state index in [4.69, 9.17) is 9.72 Å². The molecule has 8 heteroatoms. The van der Waals surface area contributed by atoms with Crippen molar-refractivity contribution in [2.24, 2.45) is 20.0 Å². The van der Waals surface area contributed by atoms with Gasteiger partial charge in [0.2, 0.25) is 0 Å². The van der Waals surface area contributed by atoms with Crippen molar-refractivity contribution < 1.29 is 4.74 Å². The first kappa shape index (κ1) is 22.2. The van der Waals surface area contributed by atoms with Gasteiger partial charge >= 0.3 is 0 Å². The fourth-order valence-corrected chi connectivity index (χ4v) is 6.15. The molecule has 5 heterocycles. The van der Waals surface area contributed by atoms with Gasteiger partial charge in [-0.15, -0.1) is 5.10 Å². The maximum Gasteiger partial charge on any atom is 0.0961 e. The van der Waals surface area contributed by atoms with E-state index < -0.39 is 0 Å². The first-order chi connectivity index (χ1) is 18.1. The van der Waals surface area contributed by atoms with Crippen molar-refractivity contribution in [3.8, 4) is 11.3 Å². The number of pyridine rings is 1. The van der Waals surface area contributed by atoms with E-state index in [1.807, 2.05) is 42.8 Å². The molecule has 4 aromatic heterocycles. The molecule has 0 N–H and O–H groups in total. The largest absolute Gasteiger partial charge is 0.381 e. The third-order valence-corrected chi connectivity index (χ3v) is 7.91. The van der Waals surface area contributed by atoms with E-state index in [1.165, 1.54) is 11.1 Å². The third kappa shape index (κ3) is 3.47. The van der Waals surface area contributed by atoms with Crippen LogP contribution in [-0.2, 0) is 18.8 Å². The summed E-state index contributed by atoms with van der Waals surface area (Å²) in [6, 6.07) is 17.8. The van der Waals surface area contributed by atoms with Gasteiger partial charge in [-0.05, 0) is 49.4 Å². The van der Waals surface area contributed by atoms with Crippen molar-refractivity contribution in [3.63, 3.8) is 0 Å². The molecule has 1 aliphatic heterocycles. The molecular weight excluding hydrogens is 462 g/mol. The Kier molecular flexibility index (Phi) is 5.11. The van der Waals surface area contributed by atoms with Crippen molar-refractivity contribution in [1.82, 2.24) is 34.3 Å². The molecule has 1 fully saturated rings. The Morgan fingerprint density at radius 1 is 0.919 bits per heavy atom. The molecule has 1 aliphatic rings. The highest BCUT2D eigenvalue weighted by Crippen LogP contribution is 2.42. The fraction of sp³-hybridized carbons (Fsp3) is 0.310. The number of benzene rings is 2. The molecule has 2 aromatic carbocycles. The predicted molar refractivity (Wildman–Crippen MR) is 144 cm³/mol. The van der Waals surface area contributed by atoms with Crippen molar-refractivity contribution in [1.29, 1.82) is 0 Å². The molecule has 0 bridgehead atoms. The van der Waals surface area contributed by atoms with Crippen LogP contribution in [0.2, 0.25) is 0 Å². The summed E-state index contributed by atoms with van der Waals surface area (Å²) < 4.78 is 12.1. The number of aryl methyl sites for hydroxylation is 3. The monoisotopic (exact) mass is 491 g/mol. The summed E-state index contributed by atoms with van der Waals surface area (Å²) in [6.07, 6.45) is 5.95. The molecule has 37 heavy (non-hydrogen) atoms. The molecule has 0 unspecified atom stereocenters. The second kappa shape index (κ2) is 8.52. The smallest absolute Gasteiger partial charge is 0.0961 e. The lowest BCUT2D eigenvalue weighted by Gasteiger charge is -2.33. The minimum atomic E-state index is 0.155. The summed E-state index contributed by atoms with van der Waals surface area (Å²) in [6.45, 7) is 3.58. The van der Waals surface area contributed by atoms with E-state index in [1.54, 1.807) is 0 Å². The van der Waals surface area contributed by atoms with Crippen LogP contribution in [0.3, 0.4) is 0 Å². The number of aromatic nitrogens is 7. The minimum Gasteiger partial charge on any atom is -0.381 e. The van der Waals surface area contributed by atoms with Crippen LogP contribution in [0.4, 0.5) is 0 Å². The van der Waals surface area contributed by atoms with Gasteiger partial charge < -0.3 is 9.30 Å². The number of rotatable bonds is 4. The Bertz CT molecular complexity index is 1740. The molecule has 6 aromatic rings. The lowest BCUT2D eigenvalue weighted by atomic mass is 9.86. The van der Waals surface area contributed by atoms with E-state index in [2.05, 4.69) is 68.5 Å². The van der Waals surface area contributed by atoms with E-state index in [0.717, 1.165) is 70.3 Å². The lowest BCUT2D eigenvalue weighted by molar-refractivity contribution is 0.0553. The maximum atomic E-state index is 5.78. The first-order valence-corrected chi connectivity index (χ1v) is 12.8. The molecule has 0 saturated carbocycles. The van der Waals surface area contributed by atoms with Crippen LogP contribution in [-0.4, -0.2) is 47.5 Å². The molecule has 0 spiro atoms. The molecule has 1 atom stereocenters. The molecule has 0 aliphatic carbocycles. The van der Waals surface area contributed by atoms with Gasteiger partial charge in [0, 0.05) is 49.8 Å². The van der Waals surface area contributed by atoms with Crippen LogP contribution < -0.4 is 0 Å². The lowest BCUT2D eigenvalue weighted by Crippen LogP contribution is -2.26. The quantitative estimate of drug-likeness (QED) is 0.339. The van der Waals surface area contributed by atoms with Gasteiger partial charge in [0.05, 0.1) is 45.7 Å². The summed E-state index contributed by atoms with van der Waals surface area (Å²) in [7, 11) is 3.93. The SMILES string of the molecule is Cc1nnn(C)c1-c1cnc2c3cc4c(cnn4C)cc3n([C@H](c3ccccc3)C3CCOCC3)c2c1. The molecular formula is C29H29N7O. The van der Waals surface area contributed by atoms with Crippen molar-refractivity contribution >= 4 is 32.8 Å². The fourth-order valence-electron chi connectivity index (χ4n) is 6.15. The van der Waals surface area contributed by atoms with Gasteiger partial charge in [0.1, 0.15) is 0 Å². The molecule has 1 saturated heterocycles. The average Bonchev–Trinajstić information content (AvgIpc) is 3.57. The molecule has 7 rings (SSSR count). The van der Waals surface area contributed by atoms with Crippen LogP contribution >= 0.6 is 0 Å². The highest BCUT2D eigenvalue weighted by atomic mass is 16.5. The highest BCUT2D eigenvalue weighted by Gasteiger charge is 2.30. The molecule has 0 amide bonds. The topological polar surface area (TPSA) is 75.6 Å². The van der Waals surface area contributed by atoms with E-state index in [-0.39, 0.29) is 6.04 Å². The number of ether oxygens (including phenoxy) is 1. The summed E-state index contributed by atoms with van der Waals surface area (Å²) in [4.78, 5) is 5.07. The number of nitrogens with zero attached hydrogens (tertiary/aromatic N) is 7. The van der Waals surface area contributed by atoms with Crippen molar-refractivity contribution in [2.45, 2.75) is 25.8 Å². The Hall–Kier alpha value is -4.04. The first-order valence-electron chi connectivity index (χ1n) is 12.8. The standard InChI is InChI=1S/C29H29N7O/c1-18-28(35(3)33-32-18)22-14-26-27(30-16-22)23-15-24-21(17-31-34(24)2)13-25(23)36(26)29(19-7-5-4-6-8-19)20-9-11-37-12-10-20/h4-8,13-17,20,29H,9-12H2,1-3H3/t29-/m1/s1. The van der Waals surface area contributed by atoms with Gasteiger partial charge in [-0.3, -0.25) is 9.67 Å². The van der Waals surface area contributed by atoms with Crippen LogP contribution in [0, 0.1) is 12.8 Å². The van der Waals surface area contributed by atoms with Crippen LogP contribution in [0.5, 0.6) is 0 Å². The van der Waals surface area contributed by atoms with Gasteiger partial charge in [0.15, 0.2) is 0 Å². The van der Waals surface area contributed by atoms with Crippen LogP contribution in [0.25, 0.3) is 44.1 Å². The zero-order valence-corrected chi connectivity index (χ0v) is 21.3. The Morgan fingerprint density at radius 2 is 1.73 bits per heavy atom. The highest BCUT2D eigenvalue weighted by molar-refractivity contribution is 6.11. The number of hydrogen-bond acceptors (Lipinski definition) is 5. The van der Waals surface area contributed by atoms with Crippen LogP contribution in [0.1, 0.15) is 30.1 Å². The maximum absolute atomic E-state index is 5.78. The Labute approximate surface area is 214 Å². The normalized spacial score (nSPS) is 15.8. The second-order valence-electron chi connectivity index (χ2n) is 10.1. The van der Waals surface area contributed by atoms with Crippen molar-refractivity contribution in [3.05, 3.63) is 72.2 Å². The summed E-state index contributed by atoms with van der Waals surface area (Å²) in [5, 5.41) is 15.3. The second-order valence-corrected chi connectivity index (χ2v) is 10.1. The Morgan fingerprint density at radius 3 is 2.49 bits per heavy atom.